The summed E-state index contributed by atoms with van der Waals surface area (Å²) in [5.74, 6) is 0. The van der Waals surface area contributed by atoms with E-state index in [1.807, 2.05) is 42.5 Å². The maximum absolute atomic E-state index is 5.37. The highest BCUT2D eigenvalue weighted by Crippen LogP contribution is 2.17. The zero-order valence-electron chi connectivity index (χ0n) is 12.3. The number of hydrogen-bond acceptors (Lipinski definition) is 4. The van der Waals surface area contributed by atoms with Crippen LogP contribution in [0.1, 0.15) is 11.3 Å². The summed E-state index contributed by atoms with van der Waals surface area (Å²) in [5, 5.41) is 5.37. The van der Waals surface area contributed by atoms with Crippen molar-refractivity contribution < 1.29 is 9.57 Å². The molecule has 0 aliphatic carbocycles. The van der Waals surface area contributed by atoms with Gasteiger partial charge in [0, 0.05) is 24.3 Å². The summed E-state index contributed by atoms with van der Waals surface area (Å²) in [6.07, 6.45) is 3.57. The number of oxime groups is 1. The van der Waals surface area contributed by atoms with E-state index in [1.165, 1.54) is 0 Å². The summed E-state index contributed by atoms with van der Waals surface area (Å²) in [6, 6.07) is 13.9. The average molecular weight is 295 g/mol. The number of nitrogens with one attached hydrogen (secondary N) is 1. The van der Waals surface area contributed by atoms with Gasteiger partial charge in [-0.3, -0.25) is 4.98 Å². The molecule has 1 N–H and O–H groups in total. The zero-order valence-corrected chi connectivity index (χ0v) is 12.3. The van der Waals surface area contributed by atoms with Crippen molar-refractivity contribution in [1.29, 1.82) is 0 Å². The van der Waals surface area contributed by atoms with Crippen molar-refractivity contribution in [2.75, 3.05) is 20.3 Å². The average Bonchev–Trinajstić information content (AvgIpc) is 2.99. The molecule has 0 amide bonds. The Hall–Kier alpha value is -2.66. The van der Waals surface area contributed by atoms with Crippen LogP contribution in [0, 0.1) is 0 Å². The van der Waals surface area contributed by atoms with E-state index in [0.717, 1.165) is 27.9 Å². The summed E-state index contributed by atoms with van der Waals surface area (Å²) in [5.41, 5.74) is 3.61. The first kappa shape index (κ1) is 14.3. The molecule has 0 unspecified atom stereocenters. The number of hydrogen-bond donors (Lipinski definition) is 1. The molecule has 5 heteroatoms. The molecule has 0 bridgehead atoms. The first-order valence-electron chi connectivity index (χ1n) is 7.06. The third-order valence-electron chi connectivity index (χ3n) is 3.26. The zero-order chi connectivity index (χ0) is 15.2. The molecular formula is C17H17N3O2. The Balaban J connectivity index is 1.97. The fourth-order valence-corrected chi connectivity index (χ4v) is 2.18. The fraction of sp³-hybridized carbons (Fsp3) is 0.176. The van der Waals surface area contributed by atoms with Crippen LogP contribution in [0.3, 0.4) is 0 Å². The smallest absolute Gasteiger partial charge is 0.140 e. The summed E-state index contributed by atoms with van der Waals surface area (Å²) < 4.78 is 4.97. The van der Waals surface area contributed by atoms with Crippen LogP contribution in [0.5, 0.6) is 0 Å². The van der Waals surface area contributed by atoms with Gasteiger partial charge in [0.25, 0.3) is 0 Å². The number of ether oxygens (including phenoxy) is 1. The molecule has 0 fully saturated rings. The number of fused-ring (bicyclic) bond motifs is 1. The second-order valence-corrected chi connectivity index (χ2v) is 4.78. The Morgan fingerprint density at radius 3 is 2.82 bits per heavy atom. The van der Waals surface area contributed by atoms with Gasteiger partial charge in [-0.2, -0.15) is 0 Å². The highest BCUT2D eigenvalue weighted by molar-refractivity contribution is 6.13. The monoisotopic (exact) mass is 295 g/mol. The highest BCUT2D eigenvalue weighted by atomic mass is 16.6. The van der Waals surface area contributed by atoms with Crippen molar-refractivity contribution in [2.45, 2.75) is 0 Å². The van der Waals surface area contributed by atoms with Gasteiger partial charge in [0.15, 0.2) is 0 Å². The molecule has 1 aromatic carbocycles. The Morgan fingerprint density at radius 1 is 1.18 bits per heavy atom. The summed E-state index contributed by atoms with van der Waals surface area (Å²) in [7, 11) is 1.63. The number of nitrogens with zero attached hydrogens (tertiary/aromatic N) is 2. The second kappa shape index (κ2) is 6.87. The summed E-state index contributed by atoms with van der Waals surface area (Å²) >= 11 is 0. The molecule has 3 rings (SSSR count). The van der Waals surface area contributed by atoms with Crippen molar-refractivity contribution in [3.05, 3.63) is 66.1 Å². The Bertz CT molecular complexity index is 733. The number of rotatable bonds is 6. The third kappa shape index (κ3) is 3.15. The predicted molar refractivity (Wildman–Crippen MR) is 86.0 cm³/mol. The van der Waals surface area contributed by atoms with Gasteiger partial charge in [-0.15, -0.1) is 0 Å². The van der Waals surface area contributed by atoms with Gasteiger partial charge >= 0.3 is 0 Å². The minimum atomic E-state index is 0.411. The molecule has 3 aromatic rings. The molecule has 0 aliphatic rings. The van der Waals surface area contributed by atoms with E-state index < -0.39 is 0 Å². The highest BCUT2D eigenvalue weighted by Gasteiger charge is 2.11. The topological polar surface area (TPSA) is 59.5 Å². The minimum Gasteiger partial charge on any atom is -0.393 e. The molecule has 5 nitrogen and oxygen atoms in total. The normalized spacial score (nSPS) is 11.8. The largest absolute Gasteiger partial charge is 0.393 e. The predicted octanol–water partition coefficient (Wildman–Crippen LogP) is 2.98. The van der Waals surface area contributed by atoms with E-state index >= 15 is 0 Å². The van der Waals surface area contributed by atoms with E-state index in [9.17, 15) is 0 Å². The molecule has 0 saturated heterocycles. The summed E-state index contributed by atoms with van der Waals surface area (Å²) in [4.78, 5) is 12.8. The Labute approximate surface area is 128 Å². The van der Waals surface area contributed by atoms with Crippen LogP contribution in [0.2, 0.25) is 0 Å². The minimum absolute atomic E-state index is 0.411. The van der Waals surface area contributed by atoms with Crippen molar-refractivity contribution in [3.63, 3.8) is 0 Å². The third-order valence-corrected chi connectivity index (χ3v) is 3.26. The number of methoxy groups -OCH3 is 1. The van der Waals surface area contributed by atoms with Crippen LogP contribution in [0.25, 0.3) is 10.9 Å². The van der Waals surface area contributed by atoms with Gasteiger partial charge in [-0.1, -0.05) is 35.5 Å². The van der Waals surface area contributed by atoms with Crippen molar-refractivity contribution >= 4 is 16.6 Å². The van der Waals surface area contributed by atoms with Crippen molar-refractivity contribution in [3.8, 4) is 0 Å². The first-order chi connectivity index (χ1) is 10.9. The standard InChI is InChI=1S/C17H17N3O2/c1-21-9-10-22-20-17(13-5-3-2-4-6-13)15-11-14-7-8-18-12-16(14)19-15/h2-8,11-12,19H,9-10H2,1H3/b20-17+. The van der Waals surface area contributed by atoms with Crippen LogP contribution in [-0.2, 0) is 9.57 Å². The lowest BCUT2D eigenvalue weighted by atomic mass is 10.1. The maximum Gasteiger partial charge on any atom is 0.140 e. The number of aromatic nitrogens is 2. The molecule has 0 spiro atoms. The van der Waals surface area contributed by atoms with Gasteiger partial charge in [0.2, 0.25) is 0 Å². The molecule has 2 aromatic heterocycles. The molecule has 0 radical (unpaired) electrons. The molecule has 2 heterocycles. The van der Waals surface area contributed by atoms with Gasteiger partial charge in [0.1, 0.15) is 12.3 Å². The lowest BCUT2D eigenvalue weighted by molar-refractivity contribution is 0.0753. The van der Waals surface area contributed by atoms with Gasteiger partial charge in [0.05, 0.1) is 24.0 Å². The molecule has 112 valence electrons. The van der Waals surface area contributed by atoms with Gasteiger partial charge in [-0.05, 0) is 12.1 Å². The molecule has 0 saturated carbocycles. The quantitative estimate of drug-likeness (QED) is 0.432. The SMILES string of the molecule is COCCO/N=C(\c1ccccc1)c1cc2ccncc2[nH]1. The van der Waals surface area contributed by atoms with Crippen molar-refractivity contribution in [1.82, 2.24) is 9.97 Å². The second-order valence-electron chi connectivity index (χ2n) is 4.78. The number of H-pyrrole nitrogens is 1. The molecular weight excluding hydrogens is 278 g/mol. The van der Waals surface area contributed by atoms with E-state index in [-0.39, 0.29) is 0 Å². The molecule has 0 atom stereocenters. The maximum atomic E-state index is 5.37. The van der Waals surface area contributed by atoms with Crippen LogP contribution in [-0.4, -0.2) is 36.0 Å². The first-order valence-corrected chi connectivity index (χ1v) is 7.06. The fourth-order valence-electron chi connectivity index (χ4n) is 2.18. The Kier molecular flexibility index (Phi) is 4.46. The lowest BCUT2D eigenvalue weighted by Crippen LogP contribution is -2.06. The number of benzene rings is 1. The number of aromatic amines is 1. The van der Waals surface area contributed by atoms with Gasteiger partial charge < -0.3 is 14.6 Å². The van der Waals surface area contributed by atoms with Crippen LogP contribution >= 0.6 is 0 Å². The Morgan fingerprint density at radius 2 is 2.05 bits per heavy atom. The van der Waals surface area contributed by atoms with Gasteiger partial charge in [-0.25, -0.2) is 0 Å². The molecule has 22 heavy (non-hydrogen) atoms. The lowest BCUT2D eigenvalue weighted by Gasteiger charge is -2.05. The van der Waals surface area contributed by atoms with Crippen molar-refractivity contribution in [2.24, 2.45) is 5.16 Å². The van der Waals surface area contributed by atoms with Crippen LogP contribution < -0.4 is 0 Å². The van der Waals surface area contributed by atoms with E-state index in [1.54, 1.807) is 19.5 Å². The van der Waals surface area contributed by atoms with Crippen LogP contribution in [0.15, 0.2) is 60.0 Å². The van der Waals surface area contributed by atoms with E-state index in [4.69, 9.17) is 9.57 Å². The van der Waals surface area contributed by atoms with Crippen LogP contribution in [0.4, 0.5) is 0 Å². The number of pyridine rings is 1. The summed E-state index contributed by atoms with van der Waals surface area (Å²) in [6.45, 7) is 0.914. The molecule has 0 aliphatic heterocycles. The van der Waals surface area contributed by atoms with E-state index in [0.29, 0.717) is 13.2 Å². The van der Waals surface area contributed by atoms with E-state index in [2.05, 4.69) is 15.1 Å².